The molecule has 12 heteroatoms. The Morgan fingerprint density at radius 3 is 1.19 bits per heavy atom. The molecule has 0 spiro atoms. The van der Waals surface area contributed by atoms with Crippen LogP contribution in [0.1, 0.15) is 87.0 Å². The number of guanidine groups is 1. The van der Waals surface area contributed by atoms with Gasteiger partial charge in [-0.25, -0.2) is 0 Å². The molecule has 0 N–H and O–H groups in total. The molecule has 2 aromatic heterocycles. The third kappa shape index (κ3) is 22.4. The zero-order valence-corrected chi connectivity index (χ0v) is 45.2. The van der Waals surface area contributed by atoms with Gasteiger partial charge in [0.15, 0.2) is 0 Å². The number of nitrogens with zero attached hydrogens (tertiary/aromatic N) is 7. The molecule has 2 fully saturated rings. The van der Waals surface area contributed by atoms with Crippen molar-refractivity contribution in [2.75, 3.05) is 13.1 Å². The summed E-state index contributed by atoms with van der Waals surface area (Å²) in [4.78, 5) is 7.89. The zero-order chi connectivity index (χ0) is 39.3. The molecule has 0 aromatic carbocycles. The quantitative estimate of drug-likeness (QED) is 0.119. The van der Waals surface area contributed by atoms with Crippen LogP contribution < -0.4 is 0 Å². The predicted molar refractivity (Wildman–Crippen MR) is 244 cm³/mol. The Balaban J connectivity index is 0.000000612. The second-order valence-electron chi connectivity index (χ2n) is 19.6. The van der Waals surface area contributed by atoms with E-state index >= 15 is 0 Å². The van der Waals surface area contributed by atoms with E-state index in [1.54, 1.807) is 0 Å². The molecule has 2 aromatic rings. The van der Waals surface area contributed by atoms with Crippen molar-refractivity contribution in [3.05, 3.63) is 61.7 Å². The molecule has 53 heavy (non-hydrogen) atoms. The largest absolute Gasteiger partial charge is 3.00 e. The summed E-state index contributed by atoms with van der Waals surface area (Å²) in [5.74, 6) is 1.05. The molecule has 0 atom stereocenters. The van der Waals surface area contributed by atoms with Gasteiger partial charge in [-0.2, -0.15) is 0 Å². The van der Waals surface area contributed by atoms with E-state index in [0.29, 0.717) is 12.1 Å². The van der Waals surface area contributed by atoms with Gasteiger partial charge in [-0.1, -0.05) is 150 Å². The van der Waals surface area contributed by atoms with Crippen molar-refractivity contribution < 1.29 is 35.6 Å². The fourth-order valence-corrected chi connectivity index (χ4v) is 23.9. The van der Waals surface area contributed by atoms with Gasteiger partial charge in [0.25, 0.3) is 0 Å². The van der Waals surface area contributed by atoms with Crippen LogP contribution in [0, 0.1) is 63.3 Å². The SMILES string of the molecule is C[Si](C)(C)[N-][Si](C)(C)C.C[Si](C)(C)[N-][Si](C)(C)C.Cc1ccc(C)n1CCN(CCn1c(C)ccc1C)C(=NC1CCCCC1)[N-]C1CCCCC1.[La+3]. The molecule has 300 valence electrons. The Kier molecular flexibility index (Phi) is 22.3. The van der Waals surface area contributed by atoms with Crippen molar-refractivity contribution in [2.24, 2.45) is 4.99 Å². The number of hydrogen-bond acceptors (Lipinski definition) is 1. The van der Waals surface area contributed by atoms with Crippen molar-refractivity contribution in [1.29, 1.82) is 0 Å². The molecule has 2 aliphatic rings. The Hall–Kier alpha value is -0.188. The monoisotopic (exact) mass is 923 g/mol. The molecule has 0 saturated heterocycles. The van der Waals surface area contributed by atoms with E-state index in [0.717, 1.165) is 32.1 Å². The molecule has 0 aliphatic heterocycles. The van der Waals surface area contributed by atoms with Crippen molar-refractivity contribution >= 4 is 38.9 Å². The van der Waals surface area contributed by atoms with Gasteiger partial charge >= 0.3 is 35.6 Å². The van der Waals surface area contributed by atoms with Gasteiger partial charge in [-0.05, 0) is 103 Å². The first kappa shape index (κ1) is 50.8. The predicted octanol–water partition coefficient (Wildman–Crippen LogP) is 13.0. The van der Waals surface area contributed by atoms with Crippen LogP contribution in [-0.2, 0) is 13.1 Å². The van der Waals surface area contributed by atoms with E-state index in [1.165, 1.54) is 87.0 Å². The fraction of sp³-hybridized carbons (Fsp3) is 0.780. The van der Waals surface area contributed by atoms with E-state index in [4.69, 9.17) is 19.6 Å². The van der Waals surface area contributed by atoms with Gasteiger partial charge in [0, 0.05) is 41.8 Å². The first-order valence-corrected chi connectivity index (χ1v) is 34.5. The first-order valence-electron chi connectivity index (χ1n) is 20.7. The maximum absolute atomic E-state index is 5.38. The van der Waals surface area contributed by atoms with E-state index in [-0.39, 0.29) is 35.6 Å². The third-order valence-corrected chi connectivity index (χ3v) is 20.1. The molecule has 0 bridgehead atoms. The minimum absolute atomic E-state index is 0. The smallest absolute Gasteiger partial charge is 0.668 e. The van der Waals surface area contributed by atoms with E-state index in [2.05, 4.69) is 145 Å². The normalized spacial score (nSPS) is 16.6. The van der Waals surface area contributed by atoms with Gasteiger partial charge in [0.05, 0.1) is 0 Å². The van der Waals surface area contributed by atoms with E-state index < -0.39 is 32.9 Å². The maximum Gasteiger partial charge on any atom is 3.00 e. The average molecular weight is 924 g/mol. The van der Waals surface area contributed by atoms with Gasteiger partial charge in [0.1, 0.15) is 0 Å². The molecular formula is C41H82LaN7Si4. The first-order chi connectivity index (χ1) is 23.9. The van der Waals surface area contributed by atoms with Crippen LogP contribution >= 0.6 is 0 Å². The van der Waals surface area contributed by atoms with Crippen LogP contribution in [0.2, 0.25) is 78.6 Å². The Morgan fingerprint density at radius 1 is 0.566 bits per heavy atom. The zero-order valence-electron chi connectivity index (χ0n) is 37.6. The number of aromatic nitrogens is 2. The summed E-state index contributed by atoms with van der Waals surface area (Å²) in [6.07, 6.45) is 12.9. The summed E-state index contributed by atoms with van der Waals surface area (Å²) in [6.45, 7) is 40.3. The maximum atomic E-state index is 5.38. The van der Waals surface area contributed by atoms with Crippen LogP contribution in [0.25, 0.3) is 14.6 Å². The summed E-state index contributed by atoms with van der Waals surface area (Å²) in [6, 6.07) is 9.82. The van der Waals surface area contributed by atoms with Gasteiger partial charge in [0.2, 0.25) is 0 Å². The molecule has 7 nitrogen and oxygen atoms in total. The molecule has 2 aliphatic carbocycles. The van der Waals surface area contributed by atoms with Gasteiger partial charge < -0.3 is 33.6 Å². The summed E-state index contributed by atoms with van der Waals surface area (Å²) < 4.78 is 14.5. The standard InChI is InChI=1S/C29H46N5.2C6H18NSi2.La/c1-23-15-16-24(2)33(23)21-19-32(20-22-34-25(3)17-18-26(34)4)29(30-27-11-7-5-8-12-27)31-28-13-9-6-10-14-28;2*1-8(2,3)7-9(4,5)6;/h15-18,27-28H,5-14,19-22H2,1-4H3;2*1-6H3;/q3*-1;+3. The minimum atomic E-state index is -1.11. The topological polar surface area (TPSA) is 67.8 Å². The molecule has 4 rings (SSSR count). The summed E-state index contributed by atoms with van der Waals surface area (Å²) >= 11 is 0. The molecule has 2 heterocycles. The third-order valence-electron chi connectivity index (χ3n) is 9.39. The van der Waals surface area contributed by atoms with Crippen LogP contribution in [-0.4, -0.2) is 78.1 Å². The minimum Gasteiger partial charge on any atom is -0.668 e. The van der Waals surface area contributed by atoms with Gasteiger partial charge in [-0.15, -0.1) is 0 Å². The number of rotatable bonds is 12. The number of aliphatic imine (C=N–C) groups is 1. The van der Waals surface area contributed by atoms with Crippen molar-refractivity contribution in [3.63, 3.8) is 0 Å². The van der Waals surface area contributed by atoms with Crippen molar-refractivity contribution in [2.45, 2.75) is 196 Å². The Labute approximate surface area is 361 Å². The molecule has 0 unspecified atom stereocenters. The molecule has 0 amide bonds. The Bertz CT molecular complexity index is 1190. The molecule has 2 saturated carbocycles. The van der Waals surface area contributed by atoms with Crippen LogP contribution in [0.3, 0.4) is 0 Å². The Morgan fingerprint density at radius 2 is 0.887 bits per heavy atom. The van der Waals surface area contributed by atoms with Crippen molar-refractivity contribution in [1.82, 2.24) is 14.0 Å². The fourth-order valence-electron chi connectivity index (χ4n) is 7.81. The van der Waals surface area contributed by atoms with Crippen LogP contribution in [0.4, 0.5) is 0 Å². The second-order valence-corrected chi connectivity index (χ2v) is 38.7. The summed E-state index contributed by atoms with van der Waals surface area (Å²) in [5.41, 5.74) is 5.35. The van der Waals surface area contributed by atoms with Crippen molar-refractivity contribution in [3.8, 4) is 0 Å². The number of aryl methyl sites for hydroxylation is 4. The molecule has 0 radical (unpaired) electrons. The van der Waals surface area contributed by atoms with E-state index in [9.17, 15) is 0 Å². The summed E-state index contributed by atoms with van der Waals surface area (Å²) in [5, 5.41) is 5.38. The van der Waals surface area contributed by atoms with Gasteiger partial charge in [-0.3, -0.25) is 0 Å². The average Bonchev–Trinajstić information content (AvgIpc) is 3.49. The second kappa shape index (κ2) is 23.3. The number of hydrogen-bond donors (Lipinski definition) is 0. The van der Waals surface area contributed by atoms with Crippen LogP contribution in [0.15, 0.2) is 29.3 Å². The van der Waals surface area contributed by atoms with Crippen LogP contribution in [0.5, 0.6) is 0 Å². The summed E-state index contributed by atoms with van der Waals surface area (Å²) in [7, 11) is -4.42. The molecular weight excluding hydrogens is 842 g/mol. The van der Waals surface area contributed by atoms with E-state index in [1.807, 2.05) is 0 Å².